The highest BCUT2D eigenvalue weighted by molar-refractivity contribution is 8.01. The number of amides is 1. The number of benzene rings is 1. The molecule has 3 saturated heterocycles. The first-order valence-corrected chi connectivity index (χ1v) is 8.54. The highest BCUT2D eigenvalue weighted by Crippen LogP contribution is 2.54. The summed E-state index contributed by atoms with van der Waals surface area (Å²) < 4.78 is 10.6. The summed E-state index contributed by atoms with van der Waals surface area (Å²) in [4.78, 5) is 26.4. The second-order valence-corrected chi connectivity index (χ2v) is 7.67. The van der Waals surface area contributed by atoms with E-state index in [1.165, 1.54) is 0 Å². The van der Waals surface area contributed by atoms with Crippen LogP contribution in [-0.2, 0) is 25.7 Å². The topological polar surface area (TPSA) is 81.9 Å². The van der Waals surface area contributed by atoms with Gasteiger partial charge in [-0.25, -0.2) is 4.79 Å². The normalized spacial score (nSPS) is 35.3. The highest BCUT2D eigenvalue weighted by Gasteiger charge is 2.67. The van der Waals surface area contributed by atoms with Crippen molar-refractivity contribution in [3.63, 3.8) is 0 Å². The summed E-state index contributed by atoms with van der Waals surface area (Å²) in [6.45, 7) is 1.26. The zero-order chi connectivity index (χ0) is 16.0. The standard InChI is InChI=1S/C16H18N2O4S/c17-11-13(19)18-12(16(23-14(11)18)6-7-21-9-16)15(20)22-8-10-4-2-1-3-5-10/h1-5,11-12,14H,6-9,17H2/t11?,12?,14-,16?/m1/s1. The van der Waals surface area contributed by atoms with E-state index in [2.05, 4.69) is 0 Å². The van der Waals surface area contributed by atoms with Crippen LogP contribution in [0.5, 0.6) is 0 Å². The van der Waals surface area contributed by atoms with Crippen molar-refractivity contribution in [2.75, 3.05) is 13.2 Å². The molecule has 6 nitrogen and oxygen atoms in total. The van der Waals surface area contributed by atoms with E-state index in [1.54, 1.807) is 16.7 Å². The first kappa shape index (κ1) is 15.0. The van der Waals surface area contributed by atoms with Crippen LogP contribution in [0, 0.1) is 0 Å². The van der Waals surface area contributed by atoms with Gasteiger partial charge in [0.15, 0.2) is 0 Å². The molecule has 7 heteroatoms. The van der Waals surface area contributed by atoms with Crippen molar-refractivity contribution in [3.8, 4) is 0 Å². The molecule has 1 spiro atoms. The van der Waals surface area contributed by atoms with E-state index >= 15 is 0 Å². The molecule has 4 rings (SSSR count). The third kappa shape index (κ3) is 2.26. The highest BCUT2D eigenvalue weighted by atomic mass is 32.2. The van der Waals surface area contributed by atoms with E-state index in [1.807, 2.05) is 30.3 Å². The maximum absolute atomic E-state index is 12.7. The molecule has 2 N–H and O–H groups in total. The summed E-state index contributed by atoms with van der Waals surface area (Å²) in [6.07, 6.45) is 0.732. The first-order valence-electron chi connectivity index (χ1n) is 7.66. The number of thioether (sulfide) groups is 1. The van der Waals surface area contributed by atoms with Gasteiger partial charge >= 0.3 is 5.97 Å². The monoisotopic (exact) mass is 334 g/mol. The van der Waals surface area contributed by atoms with E-state index in [0.717, 1.165) is 12.0 Å². The fourth-order valence-electron chi connectivity index (χ4n) is 3.48. The van der Waals surface area contributed by atoms with E-state index in [0.29, 0.717) is 13.2 Å². The quantitative estimate of drug-likeness (QED) is 0.640. The number of carbonyl (C=O) groups is 2. The molecular formula is C16H18N2O4S. The maximum atomic E-state index is 12.7. The number of fused-ring (bicyclic) bond motifs is 1. The number of rotatable bonds is 3. The Labute approximate surface area is 138 Å². The lowest BCUT2D eigenvalue weighted by molar-refractivity contribution is -0.164. The molecule has 1 aromatic rings. The largest absolute Gasteiger partial charge is 0.459 e. The van der Waals surface area contributed by atoms with Gasteiger partial charge in [0.2, 0.25) is 5.91 Å². The van der Waals surface area contributed by atoms with Gasteiger partial charge in [0, 0.05) is 6.61 Å². The average molecular weight is 334 g/mol. The molecule has 0 aromatic heterocycles. The van der Waals surface area contributed by atoms with Gasteiger partial charge < -0.3 is 20.1 Å². The van der Waals surface area contributed by atoms with Crippen LogP contribution in [0.4, 0.5) is 0 Å². The van der Waals surface area contributed by atoms with Crippen LogP contribution < -0.4 is 5.73 Å². The number of carbonyl (C=O) groups excluding carboxylic acids is 2. The summed E-state index contributed by atoms with van der Waals surface area (Å²) in [6, 6.07) is 8.38. The van der Waals surface area contributed by atoms with Crippen LogP contribution in [0.25, 0.3) is 0 Å². The van der Waals surface area contributed by atoms with E-state index in [-0.39, 0.29) is 23.9 Å². The summed E-state index contributed by atoms with van der Waals surface area (Å²) in [5, 5.41) is -0.140. The number of nitrogens with two attached hydrogens (primary N) is 1. The van der Waals surface area contributed by atoms with Gasteiger partial charge in [0.05, 0.1) is 11.4 Å². The van der Waals surface area contributed by atoms with Gasteiger partial charge in [0.1, 0.15) is 24.1 Å². The Morgan fingerprint density at radius 3 is 2.91 bits per heavy atom. The fourth-order valence-corrected chi connectivity index (χ4v) is 5.25. The lowest BCUT2D eigenvalue weighted by Gasteiger charge is -2.41. The Kier molecular flexibility index (Phi) is 3.59. The number of ether oxygens (including phenoxy) is 2. The predicted molar refractivity (Wildman–Crippen MR) is 84.4 cm³/mol. The third-order valence-corrected chi connectivity index (χ3v) is 6.49. The van der Waals surface area contributed by atoms with Crippen LogP contribution >= 0.6 is 11.8 Å². The lowest BCUT2D eigenvalue weighted by atomic mass is 9.93. The van der Waals surface area contributed by atoms with Crippen molar-refractivity contribution in [1.29, 1.82) is 0 Å². The van der Waals surface area contributed by atoms with Crippen molar-refractivity contribution >= 4 is 23.6 Å². The van der Waals surface area contributed by atoms with E-state index in [4.69, 9.17) is 15.2 Å². The smallest absolute Gasteiger partial charge is 0.330 e. The molecule has 4 atom stereocenters. The van der Waals surface area contributed by atoms with Crippen LogP contribution in [0.2, 0.25) is 0 Å². The SMILES string of the molecule is NC1C(=O)N2C(C(=O)OCc3ccccc3)C3(CCOC3)S[C@H]12. The molecule has 3 fully saturated rings. The van der Waals surface area contributed by atoms with Crippen LogP contribution in [0.15, 0.2) is 30.3 Å². The minimum atomic E-state index is -0.601. The Hall–Kier alpha value is -1.57. The van der Waals surface area contributed by atoms with Crippen molar-refractivity contribution in [2.24, 2.45) is 5.73 Å². The van der Waals surface area contributed by atoms with Crippen molar-refractivity contribution in [1.82, 2.24) is 4.90 Å². The van der Waals surface area contributed by atoms with Crippen LogP contribution in [0.3, 0.4) is 0 Å². The Morgan fingerprint density at radius 1 is 1.43 bits per heavy atom. The molecule has 1 amide bonds. The summed E-state index contributed by atoms with van der Waals surface area (Å²) in [7, 11) is 0. The second-order valence-electron chi connectivity index (χ2n) is 6.14. The van der Waals surface area contributed by atoms with E-state index in [9.17, 15) is 9.59 Å². The molecule has 3 unspecified atom stereocenters. The number of hydrogen-bond donors (Lipinski definition) is 1. The van der Waals surface area contributed by atoms with Gasteiger partial charge in [-0.2, -0.15) is 0 Å². The molecule has 122 valence electrons. The molecule has 3 aliphatic rings. The fraction of sp³-hybridized carbons (Fsp3) is 0.500. The van der Waals surface area contributed by atoms with Gasteiger partial charge in [-0.05, 0) is 12.0 Å². The Morgan fingerprint density at radius 2 is 2.22 bits per heavy atom. The number of nitrogens with zero attached hydrogens (tertiary/aromatic N) is 1. The number of esters is 1. The molecule has 0 bridgehead atoms. The Bertz CT molecular complexity index is 632. The van der Waals surface area contributed by atoms with Crippen molar-refractivity contribution < 1.29 is 19.1 Å². The van der Waals surface area contributed by atoms with Crippen LogP contribution in [-0.4, -0.2) is 52.2 Å². The van der Waals surface area contributed by atoms with Crippen molar-refractivity contribution in [2.45, 2.75) is 35.2 Å². The lowest BCUT2D eigenvalue weighted by Crippen LogP contribution is -2.69. The molecule has 3 heterocycles. The molecular weight excluding hydrogens is 316 g/mol. The molecule has 23 heavy (non-hydrogen) atoms. The summed E-state index contributed by atoms with van der Waals surface area (Å²) in [5.74, 6) is -0.539. The molecule has 0 saturated carbocycles. The maximum Gasteiger partial charge on any atom is 0.330 e. The Balaban J connectivity index is 1.53. The zero-order valence-corrected chi connectivity index (χ0v) is 13.3. The van der Waals surface area contributed by atoms with E-state index < -0.39 is 16.8 Å². The molecule has 0 aliphatic carbocycles. The molecule has 3 aliphatic heterocycles. The summed E-state index contributed by atoms with van der Waals surface area (Å²) in [5.41, 5.74) is 6.80. The average Bonchev–Trinajstić information content (AvgIpc) is 3.17. The number of β-lactam (4-membered cyclic amide) rings is 1. The van der Waals surface area contributed by atoms with Crippen LogP contribution in [0.1, 0.15) is 12.0 Å². The number of hydrogen-bond acceptors (Lipinski definition) is 6. The van der Waals surface area contributed by atoms with Gasteiger partial charge in [0.25, 0.3) is 0 Å². The third-order valence-electron chi connectivity index (χ3n) is 4.72. The predicted octanol–water partition coefficient (Wildman–Crippen LogP) is 0.500. The van der Waals surface area contributed by atoms with Gasteiger partial charge in [-0.3, -0.25) is 4.79 Å². The molecule has 1 aromatic carbocycles. The van der Waals surface area contributed by atoms with Crippen molar-refractivity contribution in [3.05, 3.63) is 35.9 Å². The summed E-state index contributed by atoms with van der Waals surface area (Å²) >= 11 is 1.59. The molecule has 0 radical (unpaired) electrons. The zero-order valence-electron chi connectivity index (χ0n) is 12.5. The minimum Gasteiger partial charge on any atom is -0.459 e. The minimum absolute atomic E-state index is 0.140. The first-order chi connectivity index (χ1) is 11.1. The van der Waals surface area contributed by atoms with Gasteiger partial charge in [-0.15, -0.1) is 11.8 Å². The second kappa shape index (κ2) is 5.51. The van der Waals surface area contributed by atoms with Gasteiger partial charge in [-0.1, -0.05) is 30.3 Å².